The van der Waals surface area contributed by atoms with Gasteiger partial charge in [0, 0.05) is 36.4 Å². The first-order chi connectivity index (χ1) is 22.8. The molecule has 4 rings (SSSR count). The monoisotopic (exact) mass is 721 g/mol. The molecule has 0 saturated carbocycles. The molecule has 49 heavy (non-hydrogen) atoms. The normalized spacial score (nSPS) is 14.4. The van der Waals surface area contributed by atoms with E-state index in [2.05, 4.69) is 4.98 Å². The van der Waals surface area contributed by atoms with Gasteiger partial charge in [-0.2, -0.15) is 18.4 Å². The molecule has 2 heterocycles. The lowest BCUT2D eigenvalue weighted by Gasteiger charge is -2.39. The summed E-state index contributed by atoms with van der Waals surface area (Å²) in [7, 11) is -4.41. The fourth-order valence-corrected chi connectivity index (χ4v) is 6.96. The van der Waals surface area contributed by atoms with Crippen LogP contribution in [0.2, 0.25) is 5.02 Å². The van der Waals surface area contributed by atoms with Crippen molar-refractivity contribution in [3.63, 3.8) is 0 Å². The van der Waals surface area contributed by atoms with Gasteiger partial charge in [0.15, 0.2) is 0 Å². The smallest absolute Gasteiger partial charge is 0.433 e. The van der Waals surface area contributed by atoms with Crippen LogP contribution in [0.1, 0.15) is 70.7 Å². The number of hydrogen-bond acceptors (Lipinski definition) is 9. The number of fused-ring (bicyclic) bond motifs is 1. The third-order valence-corrected chi connectivity index (χ3v) is 10.0. The molecule has 0 saturated heterocycles. The molecule has 0 aliphatic carbocycles. The number of esters is 2. The van der Waals surface area contributed by atoms with Crippen molar-refractivity contribution in [3.05, 3.63) is 70.5 Å². The van der Waals surface area contributed by atoms with Crippen molar-refractivity contribution in [2.45, 2.75) is 70.4 Å². The summed E-state index contributed by atoms with van der Waals surface area (Å²) in [6.45, 7) is 8.34. The van der Waals surface area contributed by atoms with Crippen LogP contribution in [0.25, 0.3) is 11.1 Å². The van der Waals surface area contributed by atoms with Crippen LogP contribution >= 0.6 is 11.6 Å². The molecule has 0 fully saturated rings. The second-order valence-electron chi connectivity index (χ2n) is 13.0. The van der Waals surface area contributed by atoms with Crippen LogP contribution in [-0.4, -0.2) is 45.3 Å². The molecule has 0 N–H and O–H groups in total. The topological polar surface area (TPSA) is 136 Å². The first-order valence-electron chi connectivity index (χ1n) is 15.2. The summed E-state index contributed by atoms with van der Waals surface area (Å²) in [5, 5.41) is 9.59. The van der Waals surface area contributed by atoms with E-state index in [0.29, 0.717) is 18.2 Å². The largest absolute Gasteiger partial charge is 0.492 e. The Morgan fingerprint density at radius 2 is 1.78 bits per heavy atom. The SMILES string of the molecule is CC(C)(C)C(=O)OCOC(=O)CCCOc1cc(Cl)c(-c2cnc(C(F)(F)F)cc2C#N)cc1S(=O)(=O)N1CCC(C)(C)c2ccccc21. The Labute approximate surface area is 287 Å². The molecule has 0 unspecified atom stereocenters. The van der Waals surface area contributed by atoms with E-state index >= 15 is 0 Å². The summed E-state index contributed by atoms with van der Waals surface area (Å²) in [5.74, 6) is -1.41. The number of halogens is 4. The van der Waals surface area contributed by atoms with Crippen molar-refractivity contribution < 1.29 is 45.4 Å². The highest BCUT2D eigenvalue weighted by atomic mass is 35.5. The maximum Gasteiger partial charge on any atom is 0.433 e. The molecule has 1 aliphatic heterocycles. The number of rotatable bonds is 10. The van der Waals surface area contributed by atoms with Gasteiger partial charge in [0.1, 0.15) is 16.3 Å². The highest BCUT2D eigenvalue weighted by Crippen LogP contribution is 2.45. The maximum absolute atomic E-state index is 14.5. The summed E-state index contributed by atoms with van der Waals surface area (Å²) in [4.78, 5) is 27.1. The zero-order valence-corrected chi connectivity index (χ0v) is 29.1. The number of carbonyl (C=O) groups is 2. The van der Waals surface area contributed by atoms with E-state index in [0.717, 1.165) is 17.8 Å². The number of carbonyl (C=O) groups excluding carboxylic acids is 2. The number of hydrogen-bond donors (Lipinski definition) is 0. The van der Waals surface area contributed by atoms with Gasteiger partial charge in [0.2, 0.25) is 6.79 Å². The molecular formula is C34H35ClF3N3O7S. The zero-order valence-electron chi connectivity index (χ0n) is 27.5. The van der Waals surface area contributed by atoms with E-state index < -0.39 is 51.6 Å². The summed E-state index contributed by atoms with van der Waals surface area (Å²) in [5.41, 5.74) is -1.74. The van der Waals surface area contributed by atoms with Crippen LogP contribution in [0.15, 0.2) is 53.6 Å². The van der Waals surface area contributed by atoms with Crippen LogP contribution in [0.4, 0.5) is 18.9 Å². The first-order valence-corrected chi connectivity index (χ1v) is 17.0. The number of benzene rings is 2. The van der Waals surface area contributed by atoms with Crippen LogP contribution in [-0.2, 0) is 40.7 Å². The van der Waals surface area contributed by atoms with Crippen molar-refractivity contribution in [2.75, 3.05) is 24.2 Å². The molecule has 0 amide bonds. The third-order valence-electron chi connectivity index (χ3n) is 7.85. The molecule has 0 spiro atoms. The number of pyridine rings is 1. The average molecular weight is 722 g/mol. The molecule has 0 radical (unpaired) electrons. The van der Waals surface area contributed by atoms with E-state index in [1.807, 2.05) is 26.0 Å². The van der Waals surface area contributed by atoms with Crippen molar-refractivity contribution in [2.24, 2.45) is 5.41 Å². The predicted octanol–water partition coefficient (Wildman–Crippen LogP) is 7.42. The minimum atomic E-state index is -4.82. The molecule has 0 bridgehead atoms. The number of nitrogens with zero attached hydrogens (tertiary/aromatic N) is 3. The summed E-state index contributed by atoms with van der Waals surface area (Å²) >= 11 is 6.56. The third kappa shape index (κ3) is 8.45. The lowest BCUT2D eigenvalue weighted by molar-refractivity contribution is -0.173. The minimum Gasteiger partial charge on any atom is -0.492 e. The fraction of sp³-hybridized carbons (Fsp3) is 0.412. The lowest BCUT2D eigenvalue weighted by Crippen LogP contribution is -2.41. The van der Waals surface area contributed by atoms with Gasteiger partial charge in [-0.15, -0.1) is 0 Å². The van der Waals surface area contributed by atoms with Crippen LogP contribution in [0, 0.1) is 16.7 Å². The van der Waals surface area contributed by atoms with Gasteiger partial charge in [-0.05, 0) is 62.8 Å². The Morgan fingerprint density at radius 3 is 2.43 bits per heavy atom. The van der Waals surface area contributed by atoms with Gasteiger partial charge in [0.05, 0.1) is 34.4 Å². The average Bonchev–Trinajstić information content (AvgIpc) is 3.01. The molecular weight excluding hydrogens is 687 g/mol. The Bertz CT molecular complexity index is 1900. The predicted molar refractivity (Wildman–Crippen MR) is 174 cm³/mol. The maximum atomic E-state index is 14.5. The molecule has 3 aromatic rings. The number of sulfonamides is 1. The Hall–Kier alpha value is -4.35. The lowest BCUT2D eigenvalue weighted by atomic mass is 9.78. The molecule has 10 nitrogen and oxygen atoms in total. The molecule has 2 aromatic carbocycles. The van der Waals surface area contributed by atoms with Crippen molar-refractivity contribution in [1.29, 1.82) is 5.26 Å². The van der Waals surface area contributed by atoms with E-state index in [9.17, 15) is 36.4 Å². The second kappa shape index (κ2) is 14.2. The summed E-state index contributed by atoms with van der Waals surface area (Å²) in [6.07, 6.45) is -3.60. The molecule has 1 aromatic heterocycles. The van der Waals surface area contributed by atoms with Crippen LogP contribution < -0.4 is 9.04 Å². The first kappa shape index (κ1) is 37.5. The van der Waals surface area contributed by atoms with E-state index in [4.69, 9.17) is 25.8 Å². The molecule has 1 aliphatic rings. The highest BCUT2D eigenvalue weighted by Gasteiger charge is 2.39. The van der Waals surface area contributed by atoms with E-state index in [1.165, 1.54) is 10.4 Å². The Balaban J connectivity index is 1.68. The van der Waals surface area contributed by atoms with Gasteiger partial charge in [0.25, 0.3) is 10.0 Å². The number of nitriles is 1. The molecule has 262 valence electrons. The van der Waals surface area contributed by atoms with Gasteiger partial charge in [-0.3, -0.25) is 18.9 Å². The number of ether oxygens (including phenoxy) is 3. The molecule has 15 heteroatoms. The number of alkyl halides is 3. The fourth-order valence-electron chi connectivity index (χ4n) is 5.08. The molecule has 0 atom stereocenters. The minimum absolute atomic E-state index is 0.0515. The highest BCUT2D eigenvalue weighted by molar-refractivity contribution is 7.93. The quantitative estimate of drug-likeness (QED) is 0.119. The second-order valence-corrected chi connectivity index (χ2v) is 15.2. The standard InChI is InChI=1S/C34H35ClF3N3O7S/c1-32(2,3)31(43)48-20-47-30(42)11-8-14-46-27-17-25(35)22(23-19-40-29(34(36,37)38)15-21(23)18-39)16-28(27)49(44,45)41-13-12-33(4,5)24-9-6-7-10-26(24)41/h6-7,9-10,15-17,19H,8,11-14,20H2,1-5H3. The van der Waals surface area contributed by atoms with Crippen molar-refractivity contribution >= 4 is 39.3 Å². The van der Waals surface area contributed by atoms with E-state index in [-0.39, 0.29) is 58.2 Å². The van der Waals surface area contributed by atoms with Gasteiger partial charge in [-0.25, -0.2) is 8.42 Å². The summed E-state index contributed by atoms with van der Waals surface area (Å²) in [6, 6.07) is 11.7. The number of aromatic nitrogens is 1. The Kier molecular flexibility index (Phi) is 10.9. The van der Waals surface area contributed by atoms with Gasteiger partial charge in [-0.1, -0.05) is 43.6 Å². The van der Waals surface area contributed by atoms with Crippen molar-refractivity contribution in [1.82, 2.24) is 4.98 Å². The number of para-hydroxylation sites is 1. The van der Waals surface area contributed by atoms with E-state index in [1.54, 1.807) is 39.0 Å². The zero-order chi connectivity index (χ0) is 36.4. The van der Waals surface area contributed by atoms with Crippen LogP contribution in [0.5, 0.6) is 5.75 Å². The summed E-state index contributed by atoms with van der Waals surface area (Å²) < 4.78 is 85.9. The van der Waals surface area contributed by atoms with Gasteiger partial charge < -0.3 is 14.2 Å². The number of anilines is 1. The Morgan fingerprint density at radius 1 is 1.08 bits per heavy atom. The van der Waals surface area contributed by atoms with Gasteiger partial charge >= 0.3 is 18.1 Å². The van der Waals surface area contributed by atoms with Crippen LogP contribution in [0.3, 0.4) is 0 Å². The van der Waals surface area contributed by atoms with Crippen molar-refractivity contribution in [3.8, 4) is 22.9 Å².